The second-order valence-corrected chi connectivity index (χ2v) is 19.2. The number of anilines is 2. The molecule has 0 saturated carbocycles. The van der Waals surface area contributed by atoms with Gasteiger partial charge in [0.25, 0.3) is 11.8 Å². The SMILES string of the molecule is CN1CCC(Nc2cccc(C(=O)NCc3ccc(OCCCCCOCCCOCC(=O)N4CCN(c5ccc6c(c5)CN(C5CCC(=O)NC5=O)C6=O)CC4)cc3)c2)(c2nc(-c3ccncc3)n[nH]2)CC1. The molecule has 4 aliphatic rings. The van der Waals surface area contributed by atoms with E-state index in [1.807, 2.05) is 83.8 Å². The van der Waals surface area contributed by atoms with Crippen molar-refractivity contribution in [3.8, 4) is 17.1 Å². The third-order valence-corrected chi connectivity index (χ3v) is 14.1. The molecule has 0 radical (unpaired) electrons. The third-order valence-electron chi connectivity index (χ3n) is 14.1. The fourth-order valence-electron chi connectivity index (χ4n) is 9.79. The summed E-state index contributed by atoms with van der Waals surface area (Å²) in [4.78, 5) is 80.2. The Morgan fingerprint density at radius 1 is 0.822 bits per heavy atom. The van der Waals surface area contributed by atoms with Crippen molar-refractivity contribution in [1.29, 1.82) is 0 Å². The Kier molecular flexibility index (Phi) is 16.7. The first-order valence-electron chi connectivity index (χ1n) is 25.5. The summed E-state index contributed by atoms with van der Waals surface area (Å²) in [6, 6.07) is 24.3. The highest BCUT2D eigenvalue weighted by atomic mass is 16.5. The first-order valence-corrected chi connectivity index (χ1v) is 25.5. The average Bonchev–Trinajstić information content (AvgIpc) is 4.05. The molecule has 9 rings (SSSR count). The Balaban J connectivity index is 0.601. The van der Waals surface area contributed by atoms with Crippen molar-refractivity contribution < 1.29 is 38.2 Å². The summed E-state index contributed by atoms with van der Waals surface area (Å²) in [5.41, 5.74) is 5.22. The monoisotopic (exact) mass is 996 g/mol. The molecule has 2 aromatic heterocycles. The zero-order valence-electron chi connectivity index (χ0n) is 41.5. The zero-order chi connectivity index (χ0) is 50.6. The number of amides is 5. The number of unbranched alkanes of at least 4 members (excludes halogenated alkanes) is 2. The van der Waals surface area contributed by atoms with Crippen molar-refractivity contribution in [3.63, 3.8) is 0 Å². The molecule has 3 fully saturated rings. The number of ether oxygens (including phenoxy) is 3. The van der Waals surface area contributed by atoms with Crippen LogP contribution in [-0.4, -0.2) is 150 Å². The van der Waals surface area contributed by atoms with E-state index >= 15 is 0 Å². The summed E-state index contributed by atoms with van der Waals surface area (Å²) >= 11 is 0. The molecule has 0 bridgehead atoms. The quantitative estimate of drug-likeness (QED) is 0.0536. The van der Waals surface area contributed by atoms with Crippen molar-refractivity contribution in [2.75, 3.05) is 89.6 Å². The van der Waals surface area contributed by atoms with Gasteiger partial charge in [0.2, 0.25) is 17.7 Å². The first kappa shape index (κ1) is 50.7. The lowest BCUT2D eigenvalue weighted by Crippen LogP contribution is -2.52. The zero-order valence-corrected chi connectivity index (χ0v) is 41.5. The van der Waals surface area contributed by atoms with Gasteiger partial charge in [-0.2, -0.15) is 5.10 Å². The van der Waals surface area contributed by atoms with Gasteiger partial charge in [0, 0.05) is 119 Å². The van der Waals surface area contributed by atoms with Gasteiger partial charge in [-0.05, 0) is 124 Å². The molecule has 3 saturated heterocycles. The van der Waals surface area contributed by atoms with Gasteiger partial charge in [0.15, 0.2) is 11.6 Å². The fourth-order valence-corrected chi connectivity index (χ4v) is 9.79. The summed E-state index contributed by atoms with van der Waals surface area (Å²) in [6.07, 6.45) is 9.15. The molecule has 5 aromatic rings. The predicted octanol–water partition coefficient (Wildman–Crippen LogP) is 4.91. The van der Waals surface area contributed by atoms with Gasteiger partial charge in [-0.15, -0.1) is 0 Å². The van der Waals surface area contributed by atoms with Crippen LogP contribution in [0.4, 0.5) is 11.4 Å². The number of pyridine rings is 1. The van der Waals surface area contributed by atoms with Crippen LogP contribution in [0.15, 0.2) is 91.3 Å². The molecule has 1 atom stereocenters. The van der Waals surface area contributed by atoms with Crippen molar-refractivity contribution in [2.45, 2.75) is 76.0 Å². The number of H-pyrrole nitrogens is 1. The Hall–Kier alpha value is -7.22. The molecule has 0 spiro atoms. The van der Waals surface area contributed by atoms with Gasteiger partial charge >= 0.3 is 0 Å². The van der Waals surface area contributed by atoms with E-state index in [2.05, 4.69) is 48.0 Å². The summed E-state index contributed by atoms with van der Waals surface area (Å²) in [5.74, 6) is 1.07. The molecule has 19 nitrogen and oxygen atoms in total. The molecule has 1 unspecified atom stereocenters. The molecule has 384 valence electrons. The Bertz CT molecular complexity index is 2700. The number of nitrogens with one attached hydrogen (secondary N) is 4. The van der Waals surface area contributed by atoms with Gasteiger partial charge in [-0.3, -0.25) is 39.4 Å². The van der Waals surface area contributed by atoms with Crippen LogP contribution >= 0.6 is 0 Å². The number of carbonyl (C=O) groups excluding carboxylic acids is 5. The van der Waals surface area contributed by atoms with Crippen LogP contribution < -0.4 is 25.6 Å². The summed E-state index contributed by atoms with van der Waals surface area (Å²) in [7, 11) is 2.12. The van der Waals surface area contributed by atoms with Gasteiger partial charge in [0.1, 0.15) is 18.4 Å². The van der Waals surface area contributed by atoms with E-state index in [1.54, 1.807) is 17.3 Å². The van der Waals surface area contributed by atoms with Crippen LogP contribution in [0.1, 0.15) is 89.0 Å². The van der Waals surface area contributed by atoms with Crippen LogP contribution in [0, 0.1) is 0 Å². The number of carbonyl (C=O) groups is 5. The summed E-state index contributed by atoms with van der Waals surface area (Å²) in [6.45, 7) is 7.24. The predicted molar refractivity (Wildman–Crippen MR) is 273 cm³/mol. The van der Waals surface area contributed by atoms with E-state index < -0.39 is 17.5 Å². The number of aromatic amines is 1. The number of hydrogen-bond donors (Lipinski definition) is 4. The number of rotatable bonds is 22. The molecule has 19 heteroatoms. The Morgan fingerprint density at radius 3 is 2.38 bits per heavy atom. The normalized spacial score (nSPS) is 17.8. The van der Waals surface area contributed by atoms with Crippen LogP contribution in [0.3, 0.4) is 0 Å². The molecule has 4 aliphatic heterocycles. The summed E-state index contributed by atoms with van der Waals surface area (Å²) in [5, 5.41) is 16.9. The number of hydrogen-bond acceptors (Lipinski definition) is 14. The minimum absolute atomic E-state index is 0.0339. The third kappa shape index (κ3) is 12.9. The van der Waals surface area contributed by atoms with Crippen molar-refractivity contribution in [2.24, 2.45) is 0 Å². The van der Waals surface area contributed by atoms with Crippen LogP contribution in [-0.2, 0) is 42.5 Å². The summed E-state index contributed by atoms with van der Waals surface area (Å²) < 4.78 is 17.5. The fraction of sp³-hybridized carbons (Fsp3) is 0.444. The number of nitrogens with zero attached hydrogens (tertiary/aromatic N) is 7. The molecule has 5 amide bonds. The molecule has 6 heterocycles. The Labute approximate surface area is 425 Å². The molecule has 3 aromatic carbocycles. The van der Waals surface area contributed by atoms with Gasteiger partial charge in [-0.1, -0.05) is 18.2 Å². The largest absolute Gasteiger partial charge is 0.494 e. The lowest BCUT2D eigenvalue weighted by atomic mass is 9.86. The second-order valence-electron chi connectivity index (χ2n) is 19.2. The maximum atomic E-state index is 13.3. The highest BCUT2D eigenvalue weighted by Crippen LogP contribution is 2.36. The number of aromatic nitrogens is 4. The maximum Gasteiger partial charge on any atom is 0.255 e. The first-order chi connectivity index (χ1) is 35.6. The van der Waals surface area contributed by atoms with E-state index in [1.165, 1.54) is 0 Å². The van der Waals surface area contributed by atoms with Gasteiger partial charge < -0.3 is 44.4 Å². The number of piperidine rings is 2. The second kappa shape index (κ2) is 24.0. The van der Waals surface area contributed by atoms with E-state index in [9.17, 15) is 24.0 Å². The van der Waals surface area contributed by atoms with Crippen molar-refractivity contribution in [3.05, 3.63) is 119 Å². The highest BCUT2D eigenvalue weighted by Gasteiger charge is 2.40. The van der Waals surface area contributed by atoms with Crippen molar-refractivity contribution >= 4 is 40.9 Å². The van der Waals surface area contributed by atoms with E-state index in [4.69, 9.17) is 19.2 Å². The lowest BCUT2D eigenvalue weighted by Gasteiger charge is -2.40. The van der Waals surface area contributed by atoms with Crippen molar-refractivity contribution in [1.82, 2.24) is 45.5 Å². The smallest absolute Gasteiger partial charge is 0.255 e. The average molecular weight is 996 g/mol. The van der Waals surface area contributed by atoms with Crippen LogP contribution in [0.25, 0.3) is 11.4 Å². The number of likely N-dealkylation sites (tertiary alicyclic amines) is 1. The molecule has 0 aliphatic carbocycles. The Morgan fingerprint density at radius 2 is 1.59 bits per heavy atom. The topological polar surface area (TPSA) is 217 Å². The standard InChI is InChI=1S/C54H65N11O8/c1-62-23-19-54(20-24-62,53-58-49(60-61-53)39-17-21-55-22-18-39)59-42-8-5-7-40(33-42)50(68)56-35-38-9-12-44(13-10-38)73-32-4-2-3-29-71-30-6-31-72-37-48(67)64-27-25-63(26-28-64)43-11-14-45-41(34-43)36-65(52(45)70)46-15-16-47(66)57-51(46)69/h5,7-14,17-18,21-22,33-34,46,59H,2-4,6,15-16,19-20,23-32,35-37H2,1H3,(H,56,68)(H,57,66,69)(H,58,60,61). The molecular weight excluding hydrogens is 931 g/mol. The minimum Gasteiger partial charge on any atom is -0.494 e. The number of imide groups is 1. The van der Waals surface area contributed by atoms with Gasteiger partial charge in [-0.25, -0.2) is 4.98 Å². The maximum absolute atomic E-state index is 13.3. The number of fused-ring (bicyclic) bond motifs is 1. The highest BCUT2D eigenvalue weighted by molar-refractivity contribution is 6.05. The van der Waals surface area contributed by atoms with E-state index in [-0.39, 0.29) is 36.7 Å². The van der Waals surface area contributed by atoms with Crippen LogP contribution in [0.5, 0.6) is 5.75 Å². The molecular formula is C54H65N11O8. The molecule has 4 N–H and O–H groups in total. The van der Waals surface area contributed by atoms with E-state index in [0.29, 0.717) is 95.5 Å². The van der Waals surface area contributed by atoms with E-state index in [0.717, 1.165) is 84.8 Å². The van der Waals surface area contributed by atoms with Crippen LogP contribution in [0.2, 0.25) is 0 Å². The number of benzene rings is 3. The number of piperazine rings is 1. The minimum atomic E-state index is -0.643. The van der Waals surface area contributed by atoms with Gasteiger partial charge in [0.05, 0.1) is 12.1 Å². The molecule has 73 heavy (non-hydrogen) atoms. The lowest BCUT2D eigenvalue weighted by molar-refractivity contribution is -0.137.